The molecule has 0 amide bonds. The van der Waals surface area contributed by atoms with Gasteiger partial charge in [0.25, 0.3) is 0 Å². The maximum Gasteiger partial charge on any atom is 0.315 e. The summed E-state index contributed by atoms with van der Waals surface area (Å²) in [4.78, 5) is 11.6. The third kappa shape index (κ3) is 2.84. The second kappa shape index (κ2) is 5.48. The first-order valence-electron chi connectivity index (χ1n) is 6.85. The molecule has 2 aromatic carbocycles. The van der Waals surface area contributed by atoms with Gasteiger partial charge in [0.05, 0.1) is 0 Å². The smallest absolute Gasteiger partial charge is 0.315 e. The third-order valence-corrected chi connectivity index (χ3v) is 3.50. The van der Waals surface area contributed by atoms with E-state index in [2.05, 4.69) is 0 Å². The number of benzene rings is 2. The molecule has 4 heterocycles. The molecule has 0 saturated carbocycles. The van der Waals surface area contributed by atoms with Crippen LogP contribution < -0.4 is 9.47 Å². The molecule has 21 heavy (non-hydrogen) atoms. The summed E-state index contributed by atoms with van der Waals surface area (Å²) < 4.78 is 11.4. The van der Waals surface area contributed by atoms with E-state index < -0.39 is 11.9 Å². The number of carboxylic acid groups (broad SMARTS) is 1. The van der Waals surface area contributed by atoms with Crippen LogP contribution in [0.3, 0.4) is 0 Å². The van der Waals surface area contributed by atoms with Crippen molar-refractivity contribution in [3.63, 3.8) is 0 Å². The average Bonchev–Trinajstić information content (AvgIpc) is 2.50. The van der Waals surface area contributed by atoms with Crippen LogP contribution in [0.25, 0.3) is 0 Å². The molecule has 0 saturated heterocycles. The minimum atomic E-state index is -0.874. The summed E-state index contributed by atoms with van der Waals surface area (Å²) in [6, 6.07) is 14.4. The van der Waals surface area contributed by atoms with E-state index in [0.29, 0.717) is 18.1 Å². The Morgan fingerprint density at radius 1 is 1.00 bits per heavy atom. The Bertz CT molecular complexity index is 631. The van der Waals surface area contributed by atoms with Gasteiger partial charge < -0.3 is 14.6 Å². The van der Waals surface area contributed by atoms with E-state index in [-0.39, 0.29) is 6.10 Å². The highest BCUT2D eigenvalue weighted by Crippen LogP contribution is 2.29. The highest BCUT2D eigenvalue weighted by molar-refractivity contribution is 5.80. The topological polar surface area (TPSA) is 55.8 Å². The molecule has 0 fully saturated rings. The van der Waals surface area contributed by atoms with Crippen molar-refractivity contribution < 1.29 is 19.4 Å². The summed E-state index contributed by atoms with van der Waals surface area (Å²) >= 11 is 0. The van der Waals surface area contributed by atoms with Crippen molar-refractivity contribution in [2.24, 2.45) is 0 Å². The molecular formula is C17H16O4. The molecule has 2 aromatic rings. The van der Waals surface area contributed by atoms with E-state index in [4.69, 9.17) is 9.47 Å². The van der Waals surface area contributed by atoms with E-state index in [9.17, 15) is 9.90 Å². The minimum absolute atomic E-state index is 0.0912. The second-order valence-electron chi connectivity index (χ2n) is 5.15. The summed E-state index contributed by atoms with van der Waals surface area (Å²) in [6.45, 7) is 2.37. The van der Waals surface area contributed by atoms with Crippen molar-refractivity contribution in [2.45, 2.75) is 18.9 Å². The summed E-state index contributed by atoms with van der Waals surface area (Å²) in [5.74, 6) is -0.144. The average molecular weight is 284 g/mol. The van der Waals surface area contributed by atoms with Crippen LogP contribution in [0.4, 0.5) is 0 Å². The Morgan fingerprint density at radius 3 is 2.05 bits per heavy atom. The molecule has 1 N–H and O–H groups in total. The Morgan fingerprint density at radius 2 is 1.52 bits per heavy atom. The molecule has 0 aliphatic carbocycles. The lowest BCUT2D eigenvalue weighted by Crippen LogP contribution is -2.20. The molecule has 4 nitrogen and oxygen atoms in total. The first-order valence-corrected chi connectivity index (χ1v) is 6.85. The van der Waals surface area contributed by atoms with Gasteiger partial charge in [-0.05, 0) is 42.3 Å². The third-order valence-electron chi connectivity index (χ3n) is 3.50. The monoisotopic (exact) mass is 284 g/mol. The van der Waals surface area contributed by atoms with Crippen LogP contribution in [0.5, 0.6) is 11.5 Å². The predicted molar refractivity (Wildman–Crippen MR) is 77.9 cm³/mol. The number of rotatable bonds is 1. The molecule has 4 heteroatoms. The van der Waals surface area contributed by atoms with Crippen LogP contribution in [-0.2, 0) is 4.79 Å². The summed E-state index contributed by atoms with van der Waals surface area (Å²) in [7, 11) is 0. The van der Waals surface area contributed by atoms with Gasteiger partial charge in [0.1, 0.15) is 30.1 Å². The van der Waals surface area contributed by atoms with Crippen molar-refractivity contribution in [3.8, 4) is 11.5 Å². The molecule has 4 aliphatic heterocycles. The maximum atomic E-state index is 11.6. The molecule has 0 radical (unpaired) electrons. The molecular weight excluding hydrogens is 268 g/mol. The van der Waals surface area contributed by atoms with Gasteiger partial charge in [-0.2, -0.15) is 0 Å². The van der Waals surface area contributed by atoms with E-state index >= 15 is 0 Å². The van der Waals surface area contributed by atoms with Crippen LogP contribution in [-0.4, -0.2) is 23.8 Å². The molecule has 4 aliphatic rings. The number of aliphatic carboxylic acids is 1. The van der Waals surface area contributed by atoms with E-state index in [1.54, 1.807) is 48.5 Å². The highest BCUT2D eigenvalue weighted by atomic mass is 16.5. The number of hydrogen-bond donors (Lipinski definition) is 1. The van der Waals surface area contributed by atoms with E-state index in [1.807, 2.05) is 6.92 Å². The van der Waals surface area contributed by atoms with Gasteiger partial charge in [-0.1, -0.05) is 24.3 Å². The number of hydrogen-bond acceptors (Lipinski definition) is 3. The van der Waals surface area contributed by atoms with Gasteiger partial charge in [0.2, 0.25) is 0 Å². The van der Waals surface area contributed by atoms with Gasteiger partial charge in [0, 0.05) is 0 Å². The standard InChI is InChI=1S/C17H16O4/c1-11-10-20-14-6-2-12(3-7-14)16(17(18)19)13-4-8-15(21-11)9-5-13/h2-9,11,16H,10H2,1H3,(H,18,19). The van der Waals surface area contributed by atoms with Gasteiger partial charge >= 0.3 is 5.97 Å². The Hall–Kier alpha value is -2.49. The molecule has 0 aromatic heterocycles. The zero-order valence-electron chi connectivity index (χ0n) is 11.7. The highest BCUT2D eigenvalue weighted by Gasteiger charge is 2.22. The van der Waals surface area contributed by atoms with Crippen LogP contribution in [0, 0.1) is 0 Å². The van der Waals surface area contributed by atoms with E-state index in [0.717, 1.165) is 11.1 Å². The normalized spacial score (nSPS) is 20.6. The molecule has 108 valence electrons. The fourth-order valence-corrected chi connectivity index (χ4v) is 2.45. The van der Waals surface area contributed by atoms with Crippen molar-refractivity contribution >= 4 is 5.97 Å². The van der Waals surface area contributed by atoms with E-state index in [1.165, 1.54) is 0 Å². The van der Waals surface area contributed by atoms with Crippen LogP contribution >= 0.6 is 0 Å². The van der Waals surface area contributed by atoms with Crippen molar-refractivity contribution in [3.05, 3.63) is 59.7 Å². The molecule has 6 rings (SSSR count). The minimum Gasteiger partial charge on any atom is -0.490 e. The predicted octanol–water partition coefficient (Wildman–Crippen LogP) is 3.06. The van der Waals surface area contributed by atoms with Crippen LogP contribution in [0.2, 0.25) is 0 Å². The van der Waals surface area contributed by atoms with Crippen LogP contribution in [0.15, 0.2) is 48.5 Å². The van der Waals surface area contributed by atoms with Crippen molar-refractivity contribution in [1.82, 2.24) is 0 Å². The number of carboxylic acids is 1. The lowest BCUT2D eigenvalue weighted by molar-refractivity contribution is -0.137. The lowest BCUT2D eigenvalue weighted by atomic mass is 9.91. The Kier molecular flexibility index (Phi) is 3.52. The van der Waals surface area contributed by atoms with Gasteiger partial charge in [0.15, 0.2) is 0 Å². The molecule has 2 unspecified atom stereocenters. The summed E-state index contributed by atoms with van der Waals surface area (Å²) in [6.07, 6.45) is -0.0912. The van der Waals surface area contributed by atoms with Crippen molar-refractivity contribution in [1.29, 1.82) is 0 Å². The summed E-state index contributed by atoms with van der Waals surface area (Å²) in [5, 5.41) is 9.53. The number of carbonyl (C=O) groups is 1. The van der Waals surface area contributed by atoms with Crippen LogP contribution in [0.1, 0.15) is 24.0 Å². The van der Waals surface area contributed by atoms with Gasteiger partial charge in [-0.3, -0.25) is 4.79 Å². The quantitative estimate of drug-likeness (QED) is 0.874. The lowest BCUT2D eigenvalue weighted by Gasteiger charge is -2.15. The fourth-order valence-electron chi connectivity index (χ4n) is 2.45. The maximum absolute atomic E-state index is 11.6. The molecule has 4 bridgehead atoms. The van der Waals surface area contributed by atoms with Crippen molar-refractivity contribution in [2.75, 3.05) is 6.61 Å². The summed E-state index contributed by atoms with van der Waals surface area (Å²) in [5.41, 5.74) is 1.46. The molecule has 2 atom stereocenters. The van der Waals surface area contributed by atoms with Gasteiger partial charge in [-0.15, -0.1) is 0 Å². The zero-order valence-corrected chi connectivity index (χ0v) is 11.7. The van der Waals surface area contributed by atoms with Gasteiger partial charge in [-0.25, -0.2) is 0 Å². The number of ether oxygens (including phenoxy) is 2. The second-order valence-corrected chi connectivity index (χ2v) is 5.15. The zero-order chi connectivity index (χ0) is 14.8. The first kappa shape index (κ1) is 13.5. The first-order chi connectivity index (χ1) is 10.1. The fraction of sp³-hybridized carbons (Fsp3) is 0.235. The SMILES string of the molecule is CC1COc2ccc(cc2)C(C(=O)O)c2ccc(cc2)O1. The molecule has 0 spiro atoms. The Labute approximate surface area is 122 Å². The Balaban J connectivity index is 2.09. The largest absolute Gasteiger partial charge is 0.490 e.